The first-order chi connectivity index (χ1) is 8.50. The van der Waals surface area contributed by atoms with Crippen molar-refractivity contribution in [1.29, 1.82) is 0 Å². The first kappa shape index (κ1) is 14.0. The van der Waals surface area contributed by atoms with Gasteiger partial charge in [-0.05, 0) is 45.2 Å². The van der Waals surface area contributed by atoms with Gasteiger partial charge in [-0.1, -0.05) is 6.42 Å². The zero-order chi connectivity index (χ0) is 13.2. The second-order valence-electron chi connectivity index (χ2n) is 5.78. The van der Waals surface area contributed by atoms with E-state index in [2.05, 4.69) is 4.90 Å². The summed E-state index contributed by atoms with van der Waals surface area (Å²) in [5, 5.41) is -0.153. The van der Waals surface area contributed by atoms with Crippen molar-refractivity contribution in [2.75, 3.05) is 19.3 Å². The fraction of sp³-hybridized carbons (Fsp3) is 0.923. The Morgan fingerprint density at radius 1 is 1.11 bits per heavy atom. The number of sulfone groups is 1. The van der Waals surface area contributed by atoms with Crippen LogP contribution in [0.15, 0.2) is 0 Å². The molecule has 2 atom stereocenters. The van der Waals surface area contributed by atoms with Gasteiger partial charge in [0.2, 0.25) is 0 Å². The molecule has 0 radical (unpaired) electrons. The smallest absolute Gasteiger partial charge is 0.150 e. The van der Waals surface area contributed by atoms with Crippen LogP contribution in [0.5, 0.6) is 0 Å². The van der Waals surface area contributed by atoms with Crippen LogP contribution >= 0.6 is 0 Å². The molecular weight excluding hydrogens is 250 g/mol. The van der Waals surface area contributed by atoms with Gasteiger partial charge in [-0.15, -0.1) is 0 Å². The number of likely N-dealkylation sites (tertiary alicyclic amines) is 1. The first-order valence-electron chi connectivity index (χ1n) is 6.89. The van der Waals surface area contributed by atoms with Crippen molar-refractivity contribution in [3.63, 3.8) is 0 Å². The number of carbonyl (C=O) groups excluding carboxylic acids is 1. The second kappa shape index (κ2) is 5.70. The number of carbonyl (C=O) groups is 1. The van der Waals surface area contributed by atoms with Gasteiger partial charge in [0.15, 0.2) is 0 Å². The van der Waals surface area contributed by atoms with Crippen LogP contribution in [-0.2, 0) is 14.6 Å². The lowest BCUT2D eigenvalue weighted by atomic mass is 9.90. The van der Waals surface area contributed by atoms with Crippen LogP contribution < -0.4 is 0 Å². The lowest BCUT2D eigenvalue weighted by Crippen LogP contribution is -2.45. The normalized spacial score (nSPS) is 32.3. The van der Waals surface area contributed by atoms with Gasteiger partial charge in [-0.25, -0.2) is 8.42 Å². The maximum atomic E-state index is 11.6. The summed E-state index contributed by atoms with van der Waals surface area (Å²) in [6.45, 7) is 1.90. The molecule has 0 aromatic heterocycles. The van der Waals surface area contributed by atoms with Crippen molar-refractivity contribution < 1.29 is 13.2 Å². The van der Waals surface area contributed by atoms with Gasteiger partial charge in [0.05, 0.1) is 5.25 Å². The summed E-state index contributed by atoms with van der Waals surface area (Å²) in [5.41, 5.74) is 0. The Labute approximate surface area is 110 Å². The van der Waals surface area contributed by atoms with E-state index in [1.807, 2.05) is 0 Å². The SMILES string of the molecule is CS(=O)(=O)C1CCCC(N2CCC(C=O)CC2)C1. The van der Waals surface area contributed by atoms with Crippen LogP contribution in [0.1, 0.15) is 38.5 Å². The summed E-state index contributed by atoms with van der Waals surface area (Å²) < 4.78 is 23.3. The molecule has 0 bridgehead atoms. The first-order valence-corrected chi connectivity index (χ1v) is 8.84. The molecule has 0 N–H and O–H groups in total. The molecule has 104 valence electrons. The fourth-order valence-corrected chi connectivity index (χ4v) is 4.43. The van der Waals surface area contributed by atoms with E-state index in [0.717, 1.165) is 57.9 Å². The molecule has 0 amide bonds. The molecule has 0 aromatic rings. The molecule has 0 spiro atoms. The molecule has 1 heterocycles. The van der Waals surface area contributed by atoms with Crippen molar-refractivity contribution in [2.45, 2.75) is 49.8 Å². The van der Waals surface area contributed by atoms with Crippen LogP contribution in [0.2, 0.25) is 0 Å². The van der Waals surface area contributed by atoms with Gasteiger partial charge in [0.1, 0.15) is 16.1 Å². The Bertz CT molecular complexity index is 385. The molecule has 2 unspecified atom stereocenters. The summed E-state index contributed by atoms with van der Waals surface area (Å²) in [7, 11) is -2.90. The maximum absolute atomic E-state index is 11.6. The van der Waals surface area contributed by atoms with E-state index < -0.39 is 9.84 Å². The number of piperidine rings is 1. The third kappa shape index (κ3) is 3.32. The van der Waals surface area contributed by atoms with Crippen LogP contribution in [0.3, 0.4) is 0 Å². The van der Waals surface area contributed by atoms with E-state index in [9.17, 15) is 13.2 Å². The van der Waals surface area contributed by atoms with Crippen LogP contribution in [0.25, 0.3) is 0 Å². The van der Waals surface area contributed by atoms with Gasteiger partial charge in [0, 0.05) is 18.2 Å². The largest absolute Gasteiger partial charge is 0.303 e. The lowest BCUT2D eigenvalue weighted by molar-refractivity contribution is -0.112. The number of aldehydes is 1. The Kier molecular flexibility index (Phi) is 4.43. The Balaban J connectivity index is 1.92. The standard InChI is InChI=1S/C13H23NO3S/c1-18(16,17)13-4-2-3-12(9-13)14-7-5-11(10-15)6-8-14/h10-13H,2-9H2,1H3. The van der Waals surface area contributed by atoms with Crippen LogP contribution in [-0.4, -0.2) is 50.2 Å². The van der Waals surface area contributed by atoms with Crippen molar-refractivity contribution in [3.8, 4) is 0 Å². The van der Waals surface area contributed by atoms with Crippen molar-refractivity contribution in [2.24, 2.45) is 5.92 Å². The zero-order valence-electron chi connectivity index (χ0n) is 11.0. The molecule has 1 aliphatic heterocycles. The second-order valence-corrected chi connectivity index (χ2v) is 8.11. The summed E-state index contributed by atoms with van der Waals surface area (Å²) in [5.74, 6) is 0.218. The highest BCUT2D eigenvalue weighted by molar-refractivity contribution is 7.91. The van der Waals surface area contributed by atoms with Crippen molar-refractivity contribution in [1.82, 2.24) is 4.90 Å². The Hall–Kier alpha value is -0.420. The molecule has 1 aliphatic carbocycles. The van der Waals surface area contributed by atoms with Gasteiger partial charge in [-0.2, -0.15) is 0 Å². The topological polar surface area (TPSA) is 54.5 Å². The molecule has 1 saturated heterocycles. The highest BCUT2D eigenvalue weighted by Crippen LogP contribution is 2.29. The third-order valence-electron chi connectivity index (χ3n) is 4.49. The average Bonchev–Trinajstić information content (AvgIpc) is 2.38. The van der Waals surface area contributed by atoms with Crippen LogP contribution in [0, 0.1) is 5.92 Å². The third-order valence-corrected chi connectivity index (χ3v) is 6.13. The predicted molar refractivity (Wildman–Crippen MR) is 71.2 cm³/mol. The van der Waals surface area contributed by atoms with Gasteiger partial charge in [-0.3, -0.25) is 0 Å². The zero-order valence-corrected chi connectivity index (χ0v) is 11.9. The van der Waals surface area contributed by atoms with E-state index in [1.54, 1.807) is 0 Å². The molecule has 18 heavy (non-hydrogen) atoms. The molecule has 1 saturated carbocycles. The van der Waals surface area contributed by atoms with Gasteiger partial charge in [0.25, 0.3) is 0 Å². The molecule has 2 fully saturated rings. The van der Waals surface area contributed by atoms with Crippen LogP contribution in [0.4, 0.5) is 0 Å². The fourth-order valence-electron chi connectivity index (χ4n) is 3.26. The van der Waals surface area contributed by atoms with Crippen molar-refractivity contribution >= 4 is 16.1 Å². The van der Waals surface area contributed by atoms with E-state index in [1.165, 1.54) is 6.26 Å². The molecular formula is C13H23NO3S. The number of hydrogen-bond donors (Lipinski definition) is 0. The summed E-state index contributed by atoms with van der Waals surface area (Å²) in [6.07, 6.45) is 8.02. The van der Waals surface area contributed by atoms with Crippen molar-refractivity contribution in [3.05, 3.63) is 0 Å². The molecule has 4 nitrogen and oxygen atoms in total. The van der Waals surface area contributed by atoms with E-state index in [-0.39, 0.29) is 11.2 Å². The van der Waals surface area contributed by atoms with E-state index in [4.69, 9.17) is 0 Å². The molecule has 2 rings (SSSR count). The van der Waals surface area contributed by atoms with E-state index in [0.29, 0.717) is 6.04 Å². The summed E-state index contributed by atoms with van der Waals surface area (Å²) in [6, 6.07) is 0.408. The Morgan fingerprint density at radius 3 is 2.33 bits per heavy atom. The minimum atomic E-state index is -2.90. The summed E-state index contributed by atoms with van der Waals surface area (Å²) in [4.78, 5) is 13.1. The van der Waals surface area contributed by atoms with E-state index >= 15 is 0 Å². The van der Waals surface area contributed by atoms with Gasteiger partial charge < -0.3 is 9.69 Å². The molecule has 5 heteroatoms. The summed E-state index contributed by atoms with van der Waals surface area (Å²) >= 11 is 0. The highest BCUT2D eigenvalue weighted by Gasteiger charge is 2.33. The predicted octanol–water partition coefficient (Wildman–Crippen LogP) is 1.25. The monoisotopic (exact) mass is 273 g/mol. The average molecular weight is 273 g/mol. The number of rotatable bonds is 3. The maximum Gasteiger partial charge on any atom is 0.150 e. The minimum absolute atomic E-state index is 0.153. The number of nitrogens with zero attached hydrogens (tertiary/aromatic N) is 1. The highest BCUT2D eigenvalue weighted by atomic mass is 32.2. The Morgan fingerprint density at radius 2 is 1.78 bits per heavy atom. The lowest BCUT2D eigenvalue weighted by Gasteiger charge is -2.40. The molecule has 0 aromatic carbocycles. The quantitative estimate of drug-likeness (QED) is 0.726. The van der Waals surface area contributed by atoms with Gasteiger partial charge >= 0.3 is 0 Å². The molecule has 2 aliphatic rings. The number of hydrogen-bond acceptors (Lipinski definition) is 4. The minimum Gasteiger partial charge on any atom is -0.303 e.